The lowest BCUT2D eigenvalue weighted by molar-refractivity contribution is -0.402. The number of benzene rings is 1. The van der Waals surface area contributed by atoms with Crippen molar-refractivity contribution in [2.45, 2.75) is 11.4 Å². The van der Waals surface area contributed by atoms with Crippen LogP contribution in [0.5, 0.6) is 0 Å². The predicted octanol–water partition coefficient (Wildman–Crippen LogP) is 1.37. The van der Waals surface area contributed by atoms with E-state index in [9.17, 15) is 23.3 Å². The number of nitrogens with zero attached hydrogens (tertiary/aromatic N) is 2. The lowest BCUT2D eigenvalue weighted by Crippen LogP contribution is -2.23. The van der Waals surface area contributed by atoms with E-state index >= 15 is 0 Å². The van der Waals surface area contributed by atoms with Crippen molar-refractivity contribution >= 4 is 21.8 Å². The fourth-order valence-electron chi connectivity index (χ4n) is 1.81. The first kappa shape index (κ1) is 17.6. The van der Waals surface area contributed by atoms with Crippen LogP contribution < -0.4 is 5.32 Å². The molecule has 0 aliphatic carbocycles. The van der Waals surface area contributed by atoms with E-state index in [1.54, 1.807) is 12.1 Å². The number of hydrogen-bond acceptors (Lipinski definition) is 6. The summed E-state index contributed by atoms with van der Waals surface area (Å²) in [6.45, 7) is 0.121. The van der Waals surface area contributed by atoms with Gasteiger partial charge in [0.25, 0.3) is 5.91 Å². The highest BCUT2D eigenvalue weighted by Gasteiger charge is 2.18. The Morgan fingerprint density at radius 1 is 1.21 bits per heavy atom. The van der Waals surface area contributed by atoms with Crippen molar-refractivity contribution in [1.29, 1.82) is 0 Å². The van der Waals surface area contributed by atoms with Crippen LogP contribution in [-0.2, 0) is 16.6 Å². The summed E-state index contributed by atoms with van der Waals surface area (Å²) in [6.07, 6.45) is 0. The highest BCUT2D eigenvalue weighted by Crippen LogP contribution is 2.16. The monoisotopic (exact) mass is 353 g/mol. The van der Waals surface area contributed by atoms with Crippen molar-refractivity contribution < 1.29 is 22.6 Å². The van der Waals surface area contributed by atoms with Crippen LogP contribution in [0.2, 0.25) is 0 Å². The Labute approximate surface area is 138 Å². The van der Waals surface area contributed by atoms with Crippen LogP contribution in [0.15, 0.2) is 45.7 Å². The number of carbonyl (C=O) groups is 1. The zero-order chi connectivity index (χ0) is 17.9. The molecule has 1 aromatic carbocycles. The zero-order valence-electron chi connectivity index (χ0n) is 12.9. The minimum atomic E-state index is -3.51. The topological polar surface area (TPSA) is 123 Å². The molecule has 24 heavy (non-hydrogen) atoms. The summed E-state index contributed by atoms with van der Waals surface area (Å²) < 4.78 is 29.8. The molecule has 0 radical (unpaired) electrons. The Morgan fingerprint density at radius 3 is 2.33 bits per heavy atom. The summed E-state index contributed by atoms with van der Waals surface area (Å²) in [5.41, 5.74) is 0.669. The Morgan fingerprint density at radius 2 is 1.83 bits per heavy atom. The molecule has 0 saturated heterocycles. The van der Waals surface area contributed by atoms with E-state index in [1.807, 2.05) is 0 Å². The van der Waals surface area contributed by atoms with Gasteiger partial charge in [-0.25, -0.2) is 12.7 Å². The van der Waals surface area contributed by atoms with E-state index in [-0.39, 0.29) is 17.2 Å². The van der Waals surface area contributed by atoms with E-state index in [1.165, 1.54) is 32.3 Å². The largest absolute Gasteiger partial charge is 0.433 e. The summed E-state index contributed by atoms with van der Waals surface area (Å²) in [5.74, 6) is -1.29. The lowest BCUT2D eigenvalue weighted by Gasteiger charge is -2.11. The summed E-state index contributed by atoms with van der Waals surface area (Å²) >= 11 is 0. The first-order chi connectivity index (χ1) is 11.2. The van der Waals surface area contributed by atoms with E-state index < -0.39 is 26.7 Å². The van der Waals surface area contributed by atoms with Crippen LogP contribution >= 0.6 is 0 Å². The number of nitro groups is 1. The molecule has 2 aromatic rings. The van der Waals surface area contributed by atoms with Gasteiger partial charge in [-0.05, 0) is 23.8 Å². The average Bonchev–Trinajstić information content (AvgIpc) is 3.03. The molecule has 1 aromatic heterocycles. The van der Waals surface area contributed by atoms with Gasteiger partial charge in [-0.1, -0.05) is 12.1 Å². The number of rotatable bonds is 6. The molecule has 10 heteroatoms. The van der Waals surface area contributed by atoms with Gasteiger partial charge in [0.2, 0.25) is 10.0 Å². The van der Waals surface area contributed by atoms with Crippen molar-refractivity contribution in [3.05, 3.63) is 57.8 Å². The van der Waals surface area contributed by atoms with Gasteiger partial charge < -0.3 is 9.73 Å². The number of amides is 1. The highest BCUT2D eigenvalue weighted by atomic mass is 32.2. The Kier molecular flexibility index (Phi) is 5.00. The van der Waals surface area contributed by atoms with Gasteiger partial charge in [-0.2, -0.15) is 0 Å². The van der Waals surface area contributed by atoms with Crippen LogP contribution in [-0.4, -0.2) is 37.6 Å². The van der Waals surface area contributed by atoms with Gasteiger partial charge in [0.05, 0.1) is 11.0 Å². The smallest absolute Gasteiger partial charge is 0.395 e. The molecule has 9 nitrogen and oxygen atoms in total. The molecule has 0 atom stereocenters. The maximum atomic E-state index is 11.9. The Balaban J connectivity index is 2.01. The van der Waals surface area contributed by atoms with Gasteiger partial charge in [0.1, 0.15) is 4.92 Å². The van der Waals surface area contributed by atoms with Gasteiger partial charge in [0.15, 0.2) is 5.76 Å². The maximum Gasteiger partial charge on any atom is 0.433 e. The molecule has 128 valence electrons. The lowest BCUT2D eigenvalue weighted by atomic mass is 10.2. The third-order valence-corrected chi connectivity index (χ3v) is 4.98. The zero-order valence-corrected chi connectivity index (χ0v) is 13.7. The summed E-state index contributed by atoms with van der Waals surface area (Å²) in [4.78, 5) is 21.8. The Bertz CT molecular complexity index is 855. The molecule has 0 unspecified atom stereocenters. The molecule has 0 spiro atoms. The van der Waals surface area contributed by atoms with E-state index in [4.69, 9.17) is 4.42 Å². The quantitative estimate of drug-likeness (QED) is 0.618. The first-order valence-electron chi connectivity index (χ1n) is 6.75. The van der Waals surface area contributed by atoms with Crippen LogP contribution in [0, 0.1) is 10.1 Å². The van der Waals surface area contributed by atoms with E-state index in [0.29, 0.717) is 5.56 Å². The summed E-state index contributed by atoms with van der Waals surface area (Å²) in [6, 6.07) is 8.32. The number of furan rings is 1. The molecule has 0 fully saturated rings. The van der Waals surface area contributed by atoms with Crippen molar-refractivity contribution in [3.63, 3.8) is 0 Å². The second-order valence-electron chi connectivity index (χ2n) is 5.01. The maximum absolute atomic E-state index is 11.9. The number of sulfonamides is 1. The van der Waals surface area contributed by atoms with Gasteiger partial charge >= 0.3 is 5.88 Å². The molecule has 1 heterocycles. The second-order valence-corrected chi connectivity index (χ2v) is 7.16. The average molecular weight is 353 g/mol. The second kappa shape index (κ2) is 6.81. The van der Waals surface area contributed by atoms with E-state index in [0.717, 1.165) is 10.4 Å². The SMILES string of the molecule is CN(C)S(=O)(=O)c1ccc(CNC(=O)c2ccc([N+](=O)[O-])o2)cc1. The normalized spacial score (nSPS) is 11.5. The van der Waals surface area contributed by atoms with Crippen molar-refractivity contribution in [2.75, 3.05) is 14.1 Å². The highest BCUT2D eigenvalue weighted by molar-refractivity contribution is 7.89. The third-order valence-electron chi connectivity index (χ3n) is 3.15. The molecule has 1 N–H and O–H groups in total. The molecular formula is C14H15N3O6S. The molecule has 0 bridgehead atoms. The predicted molar refractivity (Wildman–Crippen MR) is 83.8 cm³/mol. The van der Waals surface area contributed by atoms with E-state index in [2.05, 4.69) is 5.32 Å². The van der Waals surface area contributed by atoms with Gasteiger partial charge in [-0.3, -0.25) is 14.9 Å². The van der Waals surface area contributed by atoms with Crippen molar-refractivity contribution in [2.24, 2.45) is 0 Å². The Hall–Kier alpha value is -2.72. The molecule has 0 aliphatic heterocycles. The number of carbonyl (C=O) groups excluding carboxylic acids is 1. The van der Waals surface area contributed by atoms with Gasteiger partial charge in [0, 0.05) is 20.6 Å². The minimum absolute atomic E-state index is 0.121. The fraction of sp³-hybridized carbons (Fsp3) is 0.214. The molecule has 0 saturated carbocycles. The molecule has 1 amide bonds. The summed E-state index contributed by atoms with van der Waals surface area (Å²) in [7, 11) is -0.633. The first-order valence-corrected chi connectivity index (χ1v) is 8.19. The van der Waals surface area contributed by atoms with Crippen molar-refractivity contribution in [3.8, 4) is 0 Å². The van der Waals surface area contributed by atoms with Crippen LogP contribution in [0.4, 0.5) is 5.88 Å². The van der Waals surface area contributed by atoms with Crippen LogP contribution in [0.25, 0.3) is 0 Å². The van der Waals surface area contributed by atoms with Gasteiger partial charge in [-0.15, -0.1) is 0 Å². The standard InChI is InChI=1S/C14H15N3O6S/c1-16(2)24(21,22)11-5-3-10(4-6-11)9-15-14(18)12-7-8-13(23-12)17(19)20/h3-8H,9H2,1-2H3,(H,15,18). The summed E-state index contributed by atoms with van der Waals surface area (Å²) in [5, 5.41) is 13.0. The third kappa shape index (κ3) is 3.78. The number of hydrogen-bond donors (Lipinski definition) is 1. The molecular weight excluding hydrogens is 338 g/mol. The fourth-order valence-corrected chi connectivity index (χ4v) is 2.71. The molecule has 0 aliphatic rings. The van der Waals surface area contributed by atoms with Crippen molar-refractivity contribution in [1.82, 2.24) is 9.62 Å². The minimum Gasteiger partial charge on any atom is -0.395 e. The molecule has 2 rings (SSSR count). The van der Waals surface area contributed by atoms with Crippen LogP contribution in [0.3, 0.4) is 0 Å². The number of nitrogens with one attached hydrogen (secondary N) is 1. The van der Waals surface area contributed by atoms with Crippen LogP contribution in [0.1, 0.15) is 16.1 Å².